The van der Waals surface area contributed by atoms with Crippen molar-refractivity contribution in [3.05, 3.63) is 22.9 Å². The number of unbranched alkanes of at least 4 members (excludes halogenated alkanes) is 2. The van der Waals surface area contributed by atoms with Crippen LogP contribution < -0.4 is 0 Å². The second-order valence-corrected chi connectivity index (χ2v) is 12.4. The zero-order valence-electron chi connectivity index (χ0n) is 18.0. The Morgan fingerprint density at radius 2 is 1.96 bits per heavy atom. The van der Waals surface area contributed by atoms with Crippen molar-refractivity contribution in [3.8, 4) is 0 Å². The summed E-state index contributed by atoms with van der Waals surface area (Å²) in [6.07, 6.45) is 18.6. The van der Waals surface area contributed by atoms with Crippen molar-refractivity contribution in [2.24, 2.45) is 0 Å². The highest BCUT2D eigenvalue weighted by Crippen LogP contribution is 2.50. The SMILES string of the molecule is CCCCCC1CC=C2/C(COC)=C\CCC(C)(C)O[Si]2(C2CCCC2)O1. The zero-order chi connectivity index (χ0) is 19.3. The maximum atomic E-state index is 7.12. The summed E-state index contributed by atoms with van der Waals surface area (Å²) in [6.45, 7) is 7.50. The minimum Gasteiger partial charge on any atom is -0.387 e. The Balaban J connectivity index is 1.97. The lowest BCUT2D eigenvalue weighted by Gasteiger charge is -2.48. The van der Waals surface area contributed by atoms with E-state index in [1.54, 1.807) is 7.11 Å². The molecule has 1 aliphatic carbocycles. The average Bonchev–Trinajstić information content (AvgIpc) is 3.15. The Hall–Kier alpha value is -0.423. The number of rotatable bonds is 7. The Morgan fingerprint density at radius 3 is 2.67 bits per heavy atom. The number of fused-ring (bicyclic) bond motifs is 1. The van der Waals surface area contributed by atoms with Crippen LogP contribution in [0.1, 0.15) is 91.4 Å². The lowest BCUT2D eigenvalue weighted by Crippen LogP contribution is -2.58. The molecule has 154 valence electrons. The molecule has 0 radical (unpaired) electrons. The number of hydrogen-bond donors (Lipinski definition) is 0. The van der Waals surface area contributed by atoms with Gasteiger partial charge in [0.1, 0.15) is 0 Å². The van der Waals surface area contributed by atoms with E-state index in [-0.39, 0.29) is 5.60 Å². The predicted molar refractivity (Wildman–Crippen MR) is 114 cm³/mol. The highest BCUT2D eigenvalue weighted by Gasteiger charge is 2.56. The van der Waals surface area contributed by atoms with Crippen LogP contribution >= 0.6 is 0 Å². The highest BCUT2D eigenvalue weighted by molar-refractivity contribution is 6.77. The molecule has 4 heteroatoms. The van der Waals surface area contributed by atoms with Crippen molar-refractivity contribution in [1.29, 1.82) is 0 Å². The molecule has 1 fully saturated rings. The molecular formula is C23H40O3Si. The van der Waals surface area contributed by atoms with Gasteiger partial charge in [-0.2, -0.15) is 0 Å². The number of hydrogen-bond acceptors (Lipinski definition) is 3. The summed E-state index contributed by atoms with van der Waals surface area (Å²) in [6, 6.07) is 0. The predicted octanol–water partition coefficient (Wildman–Crippen LogP) is 6.37. The van der Waals surface area contributed by atoms with Crippen LogP contribution in [-0.4, -0.2) is 34.0 Å². The van der Waals surface area contributed by atoms with Crippen LogP contribution in [0.25, 0.3) is 0 Å². The smallest absolute Gasteiger partial charge is 0.376 e. The van der Waals surface area contributed by atoms with Crippen LogP contribution in [0, 0.1) is 0 Å². The first kappa shape index (κ1) is 21.3. The molecule has 2 atom stereocenters. The fourth-order valence-electron chi connectivity index (χ4n) is 5.15. The lowest BCUT2D eigenvalue weighted by molar-refractivity contribution is 0.0168. The van der Waals surface area contributed by atoms with E-state index < -0.39 is 8.56 Å². The third-order valence-electron chi connectivity index (χ3n) is 6.54. The van der Waals surface area contributed by atoms with Gasteiger partial charge in [0, 0.05) is 12.7 Å². The molecule has 0 amide bonds. The molecule has 3 rings (SSSR count). The molecule has 2 unspecified atom stereocenters. The van der Waals surface area contributed by atoms with Crippen molar-refractivity contribution < 1.29 is 13.6 Å². The Labute approximate surface area is 167 Å². The minimum absolute atomic E-state index is 0.117. The fourth-order valence-corrected chi connectivity index (χ4v) is 10.1. The van der Waals surface area contributed by atoms with Crippen LogP contribution in [-0.2, 0) is 13.6 Å². The van der Waals surface area contributed by atoms with Crippen LogP contribution in [0.4, 0.5) is 0 Å². The third kappa shape index (κ3) is 4.95. The molecule has 2 aliphatic heterocycles. The molecule has 0 saturated heterocycles. The summed E-state index contributed by atoms with van der Waals surface area (Å²) in [5.41, 5.74) is 1.82. The number of methoxy groups -OCH3 is 1. The van der Waals surface area contributed by atoms with Crippen molar-refractivity contribution in [2.75, 3.05) is 13.7 Å². The summed E-state index contributed by atoms with van der Waals surface area (Å²) in [5, 5.41) is 1.41. The van der Waals surface area contributed by atoms with E-state index in [2.05, 4.69) is 32.9 Å². The van der Waals surface area contributed by atoms with Gasteiger partial charge in [0.2, 0.25) is 0 Å². The van der Waals surface area contributed by atoms with Crippen molar-refractivity contribution in [2.45, 2.75) is 109 Å². The first-order valence-electron chi connectivity index (χ1n) is 11.3. The lowest BCUT2D eigenvalue weighted by atomic mass is 10.0. The topological polar surface area (TPSA) is 27.7 Å². The minimum atomic E-state index is -2.49. The van der Waals surface area contributed by atoms with Crippen LogP contribution in [0.5, 0.6) is 0 Å². The molecular weight excluding hydrogens is 352 g/mol. The normalized spacial score (nSPS) is 33.6. The van der Waals surface area contributed by atoms with Gasteiger partial charge in [0.25, 0.3) is 0 Å². The first-order valence-corrected chi connectivity index (χ1v) is 13.2. The van der Waals surface area contributed by atoms with E-state index >= 15 is 0 Å². The molecule has 0 spiro atoms. The Morgan fingerprint density at radius 1 is 1.19 bits per heavy atom. The number of allylic oxidation sites excluding steroid dienone is 1. The second-order valence-electron chi connectivity index (χ2n) is 9.30. The van der Waals surface area contributed by atoms with Crippen LogP contribution in [0.2, 0.25) is 5.54 Å². The summed E-state index contributed by atoms with van der Waals surface area (Å²) in [5.74, 6) is 0. The van der Waals surface area contributed by atoms with Gasteiger partial charge >= 0.3 is 8.56 Å². The van der Waals surface area contributed by atoms with Crippen LogP contribution in [0.3, 0.4) is 0 Å². The van der Waals surface area contributed by atoms with Crippen molar-refractivity contribution in [1.82, 2.24) is 0 Å². The quantitative estimate of drug-likeness (QED) is 0.372. The summed E-state index contributed by atoms with van der Waals surface area (Å²) in [7, 11) is -0.688. The van der Waals surface area contributed by atoms with Crippen molar-refractivity contribution in [3.63, 3.8) is 0 Å². The second kappa shape index (κ2) is 9.38. The maximum absolute atomic E-state index is 7.12. The van der Waals surface area contributed by atoms with Gasteiger partial charge in [-0.1, -0.05) is 51.2 Å². The average molecular weight is 393 g/mol. The summed E-state index contributed by atoms with van der Waals surface area (Å²) in [4.78, 5) is 0. The standard InChI is InChI=1S/C23H40O3Si/c1-5-6-7-12-20-15-16-22-19(18-24-4)11-10-17-23(2,3)26-27(22,25-20)21-13-8-9-14-21/h11,16,20-21H,5-10,12-15,17-18H2,1-4H3/b19-11-. The molecule has 27 heavy (non-hydrogen) atoms. The van der Waals surface area contributed by atoms with Gasteiger partial charge in [-0.15, -0.1) is 0 Å². The summed E-state index contributed by atoms with van der Waals surface area (Å²) >= 11 is 0. The fraction of sp³-hybridized carbons (Fsp3) is 0.826. The van der Waals surface area contributed by atoms with E-state index in [0.717, 1.165) is 19.3 Å². The Kier molecular flexibility index (Phi) is 7.40. The molecule has 1 saturated carbocycles. The van der Waals surface area contributed by atoms with Gasteiger partial charge in [0.15, 0.2) is 0 Å². The largest absolute Gasteiger partial charge is 0.387 e. The zero-order valence-corrected chi connectivity index (χ0v) is 19.0. The molecule has 0 aromatic carbocycles. The van der Waals surface area contributed by atoms with E-state index in [1.165, 1.54) is 62.1 Å². The van der Waals surface area contributed by atoms with Gasteiger partial charge < -0.3 is 13.6 Å². The third-order valence-corrected chi connectivity index (χ3v) is 11.0. The molecule has 3 nitrogen and oxygen atoms in total. The molecule has 0 N–H and O–H groups in total. The maximum Gasteiger partial charge on any atom is 0.376 e. The summed E-state index contributed by atoms with van der Waals surface area (Å²) < 4.78 is 19.8. The number of ether oxygens (including phenoxy) is 1. The highest BCUT2D eigenvalue weighted by atomic mass is 28.4. The van der Waals surface area contributed by atoms with E-state index in [9.17, 15) is 0 Å². The van der Waals surface area contributed by atoms with Crippen LogP contribution in [0.15, 0.2) is 22.9 Å². The van der Waals surface area contributed by atoms with E-state index in [4.69, 9.17) is 13.6 Å². The van der Waals surface area contributed by atoms with Crippen molar-refractivity contribution >= 4 is 8.56 Å². The molecule has 0 aromatic rings. The van der Waals surface area contributed by atoms with E-state index in [0.29, 0.717) is 18.3 Å². The van der Waals surface area contributed by atoms with Gasteiger partial charge in [0.05, 0.1) is 18.3 Å². The van der Waals surface area contributed by atoms with Gasteiger partial charge in [-0.05, 0) is 63.1 Å². The monoisotopic (exact) mass is 392 g/mol. The van der Waals surface area contributed by atoms with Gasteiger partial charge in [-0.3, -0.25) is 0 Å². The van der Waals surface area contributed by atoms with Gasteiger partial charge in [-0.25, -0.2) is 0 Å². The molecule has 3 aliphatic rings. The molecule has 0 bridgehead atoms. The molecule has 2 heterocycles. The molecule has 0 aromatic heterocycles. The Bertz CT molecular complexity index is 548. The van der Waals surface area contributed by atoms with E-state index in [1.807, 2.05) is 0 Å². The first-order chi connectivity index (χ1) is 13.0.